The Labute approximate surface area is 351 Å². The molecule has 0 fully saturated rings. The second-order valence-electron chi connectivity index (χ2n) is 18.2. The number of anilines is 3. The summed E-state index contributed by atoms with van der Waals surface area (Å²) < 4.78 is 12.4. The number of hydrogen-bond donors (Lipinski definition) is 0. The van der Waals surface area contributed by atoms with Gasteiger partial charge in [-0.3, -0.25) is 4.79 Å². The second-order valence-corrected chi connectivity index (χ2v) is 18.2. The van der Waals surface area contributed by atoms with Gasteiger partial charge in [-0.15, -0.1) is 0 Å². The minimum atomic E-state index is -0.121. The fourth-order valence-electron chi connectivity index (χ4n) is 8.90. The molecule has 6 aromatic carbocycles. The summed E-state index contributed by atoms with van der Waals surface area (Å²) in [6.45, 7) is 19.2. The Morgan fingerprint density at radius 2 is 0.949 bits per heavy atom. The molecule has 8 rings (SSSR count). The van der Waals surface area contributed by atoms with Crippen molar-refractivity contribution in [1.82, 2.24) is 0 Å². The van der Waals surface area contributed by atoms with Crippen LogP contribution in [-0.2, 0) is 10.8 Å². The van der Waals surface area contributed by atoms with Crippen molar-refractivity contribution in [3.63, 3.8) is 0 Å². The van der Waals surface area contributed by atoms with Gasteiger partial charge in [-0.25, -0.2) is 0 Å². The zero-order valence-electron chi connectivity index (χ0n) is 35.9. The van der Waals surface area contributed by atoms with E-state index in [4.69, 9.17) is 9.47 Å². The highest BCUT2D eigenvalue weighted by molar-refractivity contribution is 5.89. The van der Waals surface area contributed by atoms with Gasteiger partial charge in [-0.1, -0.05) is 140 Å². The molecule has 4 heteroatoms. The molecule has 0 aromatic heterocycles. The summed E-state index contributed by atoms with van der Waals surface area (Å²) in [6, 6.07) is 44.2. The fraction of sp³-hybridized carbons (Fsp3) is 0.291. The average molecular weight is 780 g/mol. The third kappa shape index (κ3) is 7.62. The molecule has 0 amide bonds. The minimum Gasteiger partial charge on any atom is -0.493 e. The molecule has 0 radical (unpaired) electrons. The Bertz CT molecular complexity index is 2430. The van der Waals surface area contributed by atoms with Crippen molar-refractivity contribution in [1.29, 1.82) is 0 Å². The van der Waals surface area contributed by atoms with Crippen LogP contribution in [-0.4, -0.2) is 19.5 Å². The molecule has 4 nitrogen and oxygen atoms in total. The molecule has 0 heterocycles. The fourth-order valence-corrected chi connectivity index (χ4v) is 8.90. The van der Waals surface area contributed by atoms with Crippen molar-refractivity contribution in [3.05, 3.63) is 160 Å². The Balaban J connectivity index is 1.17. The molecule has 2 aliphatic rings. The third-order valence-corrected chi connectivity index (χ3v) is 12.4. The van der Waals surface area contributed by atoms with Gasteiger partial charge in [-0.2, -0.15) is 0 Å². The summed E-state index contributed by atoms with van der Waals surface area (Å²) in [5, 5.41) is 0. The highest BCUT2D eigenvalue weighted by atomic mass is 16.5. The van der Waals surface area contributed by atoms with E-state index in [1.54, 1.807) is 0 Å². The summed E-state index contributed by atoms with van der Waals surface area (Å²) in [7, 11) is 0. The lowest BCUT2D eigenvalue weighted by molar-refractivity contribution is 0.111. The minimum absolute atomic E-state index is 0.121. The number of fused-ring (bicyclic) bond motifs is 6. The summed E-state index contributed by atoms with van der Waals surface area (Å²) >= 11 is 0. The van der Waals surface area contributed by atoms with Crippen molar-refractivity contribution in [2.45, 2.75) is 79.1 Å². The Kier molecular flexibility index (Phi) is 10.9. The Morgan fingerprint density at radius 3 is 1.44 bits per heavy atom. The number of ether oxygens (including phenoxy) is 2. The van der Waals surface area contributed by atoms with Crippen molar-refractivity contribution >= 4 is 35.5 Å². The smallest absolute Gasteiger partial charge is 0.153 e. The summed E-state index contributed by atoms with van der Waals surface area (Å²) in [5.41, 5.74) is 16.2. The quantitative estimate of drug-likeness (QED) is 0.0815. The third-order valence-electron chi connectivity index (χ3n) is 12.4. The van der Waals surface area contributed by atoms with E-state index in [9.17, 15) is 4.79 Å². The SMILES string of the molecule is CC(C)CCOc1cc(/C=C/c2ccc(N(c3ccc4c(c3)C(C)(C)c3ccccc3-4)c3ccc4c(c3)C(C)(C)c3ccccc3-4)cc2)c(OCCC(C)C)cc1C=O. The lowest BCUT2D eigenvalue weighted by Crippen LogP contribution is -2.18. The number of carbonyl (C=O) groups excluding carboxylic acids is 1. The molecule has 0 saturated heterocycles. The molecule has 6 aromatic rings. The molecule has 0 spiro atoms. The number of carbonyl (C=O) groups is 1. The Hall–Kier alpha value is -5.87. The van der Waals surface area contributed by atoms with Crippen molar-refractivity contribution < 1.29 is 14.3 Å². The maximum Gasteiger partial charge on any atom is 0.153 e. The molecule has 0 N–H and O–H groups in total. The van der Waals surface area contributed by atoms with E-state index in [2.05, 4.69) is 182 Å². The second kappa shape index (κ2) is 16.1. The summed E-state index contributed by atoms with van der Waals surface area (Å²) in [4.78, 5) is 14.6. The van der Waals surface area contributed by atoms with E-state index >= 15 is 0 Å². The van der Waals surface area contributed by atoms with Crippen LogP contribution in [0.2, 0.25) is 0 Å². The predicted molar refractivity (Wildman–Crippen MR) is 247 cm³/mol. The maximum absolute atomic E-state index is 12.2. The van der Waals surface area contributed by atoms with Crippen LogP contribution in [0.15, 0.2) is 121 Å². The van der Waals surface area contributed by atoms with E-state index in [0.29, 0.717) is 42.1 Å². The summed E-state index contributed by atoms with van der Waals surface area (Å²) in [5.74, 6) is 2.29. The van der Waals surface area contributed by atoms with Crippen LogP contribution in [0.25, 0.3) is 34.4 Å². The van der Waals surface area contributed by atoms with E-state index in [1.165, 1.54) is 44.5 Å². The van der Waals surface area contributed by atoms with Crippen molar-refractivity contribution in [2.24, 2.45) is 11.8 Å². The van der Waals surface area contributed by atoms with Gasteiger partial charge in [0.2, 0.25) is 0 Å². The number of hydrogen-bond acceptors (Lipinski definition) is 4. The van der Waals surface area contributed by atoms with Crippen molar-refractivity contribution in [2.75, 3.05) is 18.1 Å². The van der Waals surface area contributed by atoms with Crippen LogP contribution in [0.3, 0.4) is 0 Å². The predicted octanol–water partition coefficient (Wildman–Crippen LogP) is 14.6. The van der Waals surface area contributed by atoms with Gasteiger partial charge < -0.3 is 14.4 Å². The zero-order valence-corrected chi connectivity index (χ0v) is 35.9. The van der Waals surface area contributed by atoms with Gasteiger partial charge in [-0.05, 0) is 123 Å². The van der Waals surface area contributed by atoms with Gasteiger partial charge >= 0.3 is 0 Å². The molecular weight excluding hydrogens is 723 g/mol. The highest BCUT2D eigenvalue weighted by Gasteiger charge is 2.37. The number of aldehydes is 1. The molecular formula is C55H57NO3. The molecule has 0 aliphatic heterocycles. The molecule has 0 bridgehead atoms. The monoisotopic (exact) mass is 779 g/mol. The molecule has 0 saturated carbocycles. The normalized spacial score (nSPS) is 14.3. The maximum atomic E-state index is 12.2. The highest BCUT2D eigenvalue weighted by Crippen LogP contribution is 2.53. The first-order valence-electron chi connectivity index (χ1n) is 21.3. The van der Waals surface area contributed by atoms with Crippen molar-refractivity contribution in [3.8, 4) is 33.8 Å². The lowest BCUT2D eigenvalue weighted by atomic mass is 9.82. The van der Waals surface area contributed by atoms with E-state index in [1.807, 2.05) is 12.1 Å². The van der Waals surface area contributed by atoms with Crippen LogP contribution in [0.4, 0.5) is 17.1 Å². The van der Waals surface area contributed by atoms with Crippen LogP contribution in [0.1, 0.15) is 112 Å². The van der Waals surface area contributed by atoms with Crippen LogP contribution in [0.5, 0.6) is 11.5 Å². The van der Waals surface area contributed by atoms with E-state index in [0.717, 1.165) is 47.3 Å². The molecule has 300 valence electrons. The first-order valence-corrected chi connectivity index (χ1v) is 21.3. The van der Waals surface area contributed by atoms with Crippen LogP contribution in [0, 0.1) is 11.8 Å². The largest absolute Gasteiger partial charge is 0.493 e. The van der Waals surface area contributed by atoms with Gasteiger partial charge in [0, 0.05) is 33.5 Å². The van der Waals surface area contributed by atoms with Gasteiger partial charge in [0.15, 0.2) is 6.29 Å². The molecule has 2 aliphatic carbocycles. The zero-order chi connectivity index (χ0) is 41.5. The Morgan fingerprint density at radius 1 is 0.508 bits per heavy atom. The first-order chi connectivity index (χ1) is 28.4. The molecule has 0 unspecified atom stereocenters. The van der Waals surface area contributed by atoms with Gasteiger partial charge in [0.25, 0.3) is 0 Å². The number of rotatable bonds is 14. The van der Waals surface area contributed by atoms with E-state index < -0.39 is 0 Å². The number of benzene rings is 6. The standard InChI is InChI=1S/C55H57NO3/c1-36(2)27-29-58-52-32-40(35-57)53(59-30-28-37(3)4)31-39(52)20-17-38-18-21-41(22-19-38)56(42-23-25-46-44-13-9-11-15-48(44)54(5,6)50(46)33-42)43-24-26-47-45-14-10-12-16-49(45)55(7,8)51(47)34-43/h9-26,31-37H,27-30H2,1-8H3/b20-17+. The van der Waals surface area contributed by atoms with Crippen LogP contribution >= 0.6 is 0 Å². The van der Waals surface area contributed by atoms with Gasteiger partial charge in [0.05, 0.1) is 18.8 Å². The van der Waals surface area contributed by atoms with Gasteiger partial charge in [0.1, 0.15) is 11.5 Å². The molecule has 59 heavy (non-hydrogen) atoms. The lowest BCUT2D eigenvalue weighted by Gasteiger charge is -2.29. The van der Waals surface area contributed by atoms with E-state index in [-0.39, 0.29) is 10.8 Å². The topological polar surface area (TPSA) is 38.8 Å². The van der Waals surface area contributed by atoms with Crippen LogP contribution < -0.4 is 14.4 Å². The molecule has 0 atom stereocenters. The average Bonchev–Trinajstić information content (AvgIpc) is 3.60. The number of nitrogens with zero attached hydrogens (tertiary/aromatic N) is 1. The summed E-state index contributed by atoms with van der Waals surface area (Å²) in [6.07, 6.45) is 6.88. The first kappa shape index (κ1) is 39.9.